The highest BCUT2D eigenvalue weighted by atomic mass is 35.6. The summed E-state index contributed by atoms with van der Waals surface area (Å²) in [7, 11) is 0. The average Bonchev–Trinajstić information content (AvgIpc) is 2.29. The summed E-state index contributed by atoms with van der Waals surface area (Å²) in [5.41, 5.74) is 0. The van der Waals surface area contributed by atoms with Gasteiger partial charge in [0.2, 0.25) is 15.9 Å². The predicted octanol–water partition coefficient (Wildman–Crippen LogP) is 4.19. The van der Waals surface area contributed by atoms with Crippen molar-refractivity contribution in [1.29, 1.82) is 0 Å². The molecule has 106 valence electrons. The SMILES string of the molecule is CC(C)C(=O)N[C@H](Oc1ccccc1Cl)C(Cl)(Cl)Cl. The Morgan fingerprint density at radius 3 is 2.32 bits per heavy atom. The van der Waals surface area contributed by atoms with Crippen LogP contribution in [0.15, 0.2) is 24.3 Å². The van der Waals surface area contributed by atoms with Gasteiger partial charge >= 0.3 is 0 Å². The lowest BCUT2D eigenvalue weighted by Gasteiger charge is -2.27. The van der Waals surface area contributed by atoms with Crippen LogP contribution in [0.25, 0.3) is 0 Å². The van der Waals surface area contributed by atoms with E-state index in [1.165, 1.54) is 0 Å². The molecule has 0 saturated carbocycles. The molecule has 1 N–H and O–H groups in total. The van der Waals surface area contributed by atoms with Gasteiger partial charge in [0.15, 0.2) is 0 Å². The number of para-hydroxylation sites is 1. The molecule has 0 heterocycles. The summed E-state index contributed by atoms with van der Waals surface area (Å²) in [6.07, 6.45) is -1.13. The van der Waals surface area contributed by atoms with E-state index < -0.39 is 10.0 Å². The van der Waals surface area contributed by atoms with Crippen molar-refractivity contribution in [3.63, 3.8) is 0 Å². The smallest absolute Gasteiger partial charge is 0.246 e. The Morgan fingerprint density at radius 2 is 1.84 bits per heavy atom. The second kappa shape index (κ2) is 6.89. The van der Waals surface area contributed by atoms with E-state index in [9.17, 15) is 4.79 Å². The van der Waals surface area contributed by atoms with Crippen LogP contribution in [-0.2, 0) is 4.79 Å². The van der Waals surface area contributed by atoms with Crippen LogP contribution in [0.3, 0.4) is 0 Å². The van der Waals surface area contributed by atoms with E-state index in [-0.39, 0.29) is 11.8 Å². The highest BCUT2D eigenvalue weighted by Gasteiger charge is 2.36. The minimum Gasteiger partial charge on any atom is -0.464 e. The van der Waals surface area contributed by atoms with Crippen LogP contribution >= 0.6 is 46.4 Å². The molecule has 0 aromatic heterocycles. The van der Waals surface area contributed by atoms with Gasteiger partial charge in [0.25, 0.3) is 0 Å². The quantitative estimate of drug-likeness (QED) is 0.657. The summed E-state index contributed by atoms with van der Waals surface area (Å²) < 4.78 is 3.66. The molecule has 0 aliphatic heterocycles. The molecular formula is C12H13Cl4NO2. The number of nitrogens with one attached hydrogen (secondary N) is 1. The van der Waals surface area contributed by atoms with Crippen molar-refractivity contribution in [1.82, 2.24) is 5.32 Å². The topological polar surface area (TPSA) is 38.3 Å². The standard InChI is InChI=1S/C12H13Cl4NO2/c1-7(2)10(18)17-11(12(14,15)16)19-9-6-4-3-5-8(9)13/h3-7,11H,1-2H3,(H,17,18)/t11-/m1/s1. The summed E-state index contributed by atoms with van der Waals surface area (Å²) in [4.78, 5) is 11.7. The number of hydrogen-bond acceptors (Lipinski definition) is 2. The van der Waals surface area contributed by atoms with Crippen LogP contribution < -0.4 is 10.1 Å². The van der Waals surface area contributed by atoms with E-state index in [2.05, 4.69) is 5.32 Å². The Hall–Kier alpha value is -0.350. The zero-order valence-corrected chi connectivity index (χ0v) is 13.3. The van der Waals surface area contributed by atoms with E-state index in [1.54, 1.807) is 38.1 Å². The van der Waals surface area contributed by atoms with Gasteiger partial charge in [-0.05, 0) is 12.1 Å². The number of ether oxygens (including phenoxy) is 1. The molecule has 0 spiro atoms. The minimum atomic E-state index is -1.82. The molecule has 0 radical (unpaired) electrons. The van der Waals surface area contributed by atoms with Crippen molar-refractivity contribution >= 4 is 52.3 Å². The third-order valence-electron chi connectivity index (χ3n) is 2.18. The number of rotatable bonds is 4. The van der Waals surface area contributed by atoms with Gasteiger partial charge in [0.1, 0.15) is 5.75 Å². The number of alkyl halides is 3. The predicted molar refractivity (Wildman–Crippen MR) is 79.1 cm³/mol. The van der Waals surface area contributed by atoms with Gasteiger partial charge in [-0.2, -0.15) is 0 Å². The van der Waals surface area contributed by atoms with Gasteiger partial charge in [-0.3, -0.25) is 4.79 Å². The number of hydrogen-bond donors (Lipinski definition) is 1. The third kappa shape index (κ3) is 5.27. The van der Waals surface area contributed by atoms with E-state index in [0.717, 1.165) is 0 Å². The number of amides is 1. The van der Waals surface area contributed by atoms with E-state index in [0.29, 0.717) is 10.8 Å². The summed E-state index contributed by atoms with van der Waals surface area (Å²) >= 11 is 23.3. The molecule has 19 heavy (non-hydrogen) atoms. The molecule has 1 atom stereocenters. The lowest BCUT2D eigenvalue weighted by molar-refractivity contribution is -0.126. The van der Waals surface area contributed by atoms with Gasteiger partial charge in [-0.25, -0.2) is 0 Å². The van der Waals surface area contributed by atoms with Crippen LogP contribution in [0.4, 0.5) is 0 Å². The largest absolute Gasteiger partial charge is 0.464 e. The first-order valence-corrected chi connectivity index (χ1v) is 7.01. The molecule has 1 rings (SSSR count). The fraction of sp³-hybridized carbons (Fsp3) is 0.417. The molecule has 1 amide bonds. The zero-order chi connectivity index (χ0) is 14.6. The van der Waals surface area contributed by atoms with Gasteiger partial charge in [-0.15, -0.1) is 0 Å². The molecule has 3 nitrogen and oxygen atoms in total. The summed E-state index contributed by atoms with van der Waals surface area (Å²) in [5.74, 6) is -0.224. The second-order valence-corrected chi connectivity index (χ2v) is 6.91. The molecule has 0 fully saturated rings. The summed E-state index contributed by atoms with van der Waals surface area (Å²) in [5, 5.41) is 2.88. The third-order valence-corrected chi connectivity index (χ3v) is 3.08. The highest BCUT2D eigenvalue weighted by Crippen LogP contribution is 2.34. The Labute approximate surface area is 132 Å². The molecule has 0 aliphatic rings. The summed E-state index contributed by atoms with van der Waals surface area (Å²) in [6, 6.07) is 6.72. The first kappa shape index (κ1) is 16.7. The lowest BCUT2D eigenvalue weighted by Crippen LogP contribution is -2.49. The highest BCUT2D eigenvalue weighted by molar-refractivity contribution is 6.68. The number of carbonyl (C=O) groups excluding carboxylic acids is 1. The first-order chi connectivity index (χ1) is 8.71. The molecular weight excluding hydrogens is 332 g/mol. The normalized spacial score (nSPS) is 13.2. The van der Waals surface area contributed by atoms with Crippen molar-refractivity contribution in [2.45, 2.75) is 23.9 Å². The minimum absolute atomic E-state index is 0.260. The Kier molecular flexibility index (Phi) is 6.06. The summed E-state index contributed by atoms with van der Waals surface area (Å²) in [6.45, 7) is 3.44. The molecule has 0 saturated heterocycles. The molecule has 0 unspecified atom stereocenters. The van der Waals surface area contributed by atoms with Crippen LogP contribution in [0, 0.1) is 5.92 Å². The Morgan fingerprint density at radius 1 is 1.26 bits per heavy atom. The second-order valence-electron chi connectivity index (χ2n) is 4.13. The van der Waals surface area contributed by atoms with Crippen LogP contribution in [0.2, 0.25) is 5.02 Å². The monoisotopic (exact) mass is 343 g/mol. The van der Waals surface area contributed by atoms with Crippen molar-refractivity contribution in [3.8, 4) is 5.75 Å². The first-order valence-electron chi connectivity index (χ1n) is 5.50. The fourth-order valence-corrected chi connectivity index (χ4v) is 1.62. The fourth-order valence-electron chi connectivity index (χ4n) is 1.14. The molecule has 0 aliphatic carbocycles. The van der Waals surface area contributed by atoms with E-state index in [4.69, 9.17) is 51.1 Å². The van der Waals surface area contributed by atoms with Gasteiger partial charge in [0.05, 0.1) is 5.02 Å². The van der Waals surface area contributed by atoms with E-state index >= 15 is 0 Å². The Balaban J connectivity index is 2.88. The average molecular weight is 345 g/mol. The van der Waals surface area contributed by atoms with Crippen molar-refractivity contribution in [2.75, 3.05) is 0 Å². The lowest BCUT2D eigenvalue weighted by atomic mass is 10.2. The van der Waals surface area contributed by atoms with Crippen molar-refractivity contribution < 1.29 is 9.53 Å². The number of halogens is 4. The van der Waals surface area contributed by atoms with Crippen molar-refractivity contribution in [3.05, 3.63) is 29.3 Å². The molecule has 7 heteroatoms. The number of carbonyl (C=O) groups is 1. The van der Waals surface area contributed by atoms with Gasteiger partial charge < -0.3 is 10.1 Å². The maximum absolute atomic E-state index is 11.7. The van der Waals surface area contributed by atoms with Crippen LogP contribution in [0.5, 0.6) is 5.75 Å². The van der Waals surface area contributed by atoms with E-state index in [1.807, 2.05) is 0 Å². The molecule has 1 aromatic rings. The maximum atomic E-state index is 11.7. The molecule has 1 aromatic carbocycles. The number of benzene rings is 1. The van der Waals surface area contributed by atoms with Crippen molar-refractivity contribution in [2.24, 2.45) is 5.92 Å². The van der Waals surface area contributed by atoms with Crippen LogP contribution in [0.1, 0.15) is 13.8 Å². The van der Waals surface area contributed by atoms with Gasteiger partial charge in [-0.1, -0.05) is 72.4 Å². The molecule has 0 bridgehead atoms. The van der Waals surface area contributed by atoms with Crippen LogP contribution in [-0.4, -0.2) is 15.9 Å². The maximum Gasteiger partial charge on any atom is 0.246 e. The van der Waals surface area contributed by atoms with Gasteiger partial charge in [0, 0.05) is 5.92 Å². The zero-order valence-electron chi connectivity index (χ0n) is 10.3. The Bertz CT molecular complexity index is 446.